The Morgan fingerprint density at radius 1 is 1.33 bits per heavy atom. The van der Waals surface area contributed by atoms with Gasteiger partial charge in [0.1, 0.15) is 17.1 Å². The minimum atomic E-state index is -1.12. The second-order valence-corrected chi connectivity index (χ2v) is 3.51. The number of hydrogen-bond acceptors (Lipinski definition) is 4. The fraction of sp³-hybridized carbons (Fsp3) is 0.0769. The van der Waals surface area contributed by atoms with E-state index >= 15 is 0 Å². The van der Waals surface area contributed by atoms with Gasteiger partial charge in [-0.3, -0.25) is 4.79 Å². The number of carbonyl (C=O) groups is 2. The summed E-state index contributed by atoms with van der Waals surface area (Å²) in [6.45, 7) is 0. The molecule has 0 aliphatic heterocycles. The van der Waals surface area contributed by atoms with Gasteiger partial charge in [-0.2, -0.15) is 0 Å². The molecule has 2 rings (SSSR count). The van der Waals surface area contributed by atoms with Crippen molar-refractivity contribution in [3.63, 3.8) is 0 Å². The molecule has 0 spiro atoms. The van der Waals surface area contributed by atoms with Crippen molar-refractivity contribution in [2.45, 2.75) is 0 Å². The molecule has 92 valence electrons. The Kier molecular flexibility index (Phi) is 3.14. The topological polar surface area (TPSA) is 76.7 Å². The van der Waals surface area contributed by atoms with Crippen molar-refractivity contribution in [3.05, 3.63) is 41.7 Å². The molecular formula is C13H10O5. The molecule has 0 fully saturated rings. The molecule has 0 bridgehead atoms. The Labute approximate surface area is 103 Å². The number of aromatic carboxylic acids is 1. The van der Waals surface area contributed by atoms with E-state index in [1.807, 2.05) is 0 Å². The zero-order valence-corrected chi connectivity index (χ0v) is 9.54. The fourth-order valence-corrected chi connectivity index (χ4v) is 1.69. The van der Waals surface area contributed by atoms with Crippen LogP contribution in [0, 0.1) is 0 Å². The van der Waals surface area contributed by atoms with Crippen LogP contribution in [0.15, 0.2) is 34.7 Å². The van der Waals surface area contributed by atoms with Crippen molar-refractivity contribution in [3.8, 4) is 17.1 Å². The van der Waals surface area contributed by atoms with Gasteiger partial charge in [-0.1, -0.05) is 12.1 Å². The maximum atomic E-state index is 11.3. The van der Waals surface area contributed by atoms with Crippen LogP contribution < -0.4 is 4.74 Å². The molecule has 1 N–H and O–H groups in total. The van der Waals surface area contributed by atoms with Crippen molar-refractivity contribution in [1.29, 1.82) is 0 Å². The first kappa shape index (κ1) is 11.9. The highest BCUT2D eigenvalue weighted by Gasteiger charge is 2.19. The van der Waals surface area contributed by atoms with Crippen LogP contribution in [-0.2, 0) is 0 Å². The predicted octanol–water partition coefficient (Wildman–Crippen LogP) is 2.47. The molecule has 1 aromatic heterocycles. The van der Waals surface area contributed by atoms with Gasteiger partial charge >= 0.3 is 5.97 Å². The van der Waals surface area contributed by atoms with Crippen LogP contribution in [0.2, 0.25) is 0 Å². The molecule has 0 saturated heterocycles. The van der Waals surface area contributed by atoms with Gasteiger partial charge in [0, 0.05) is 5.56 Å². The highest BCUT2D eigenvalue weighted by Crippen LogP contribution is 2.31. The molecule has 2 aromatic rings. The number of ether oxygens (including phenoxy) is 1. The van der Waals surface area contributed by atoms with Crippen LogP contribution in [0.25, 0.3) is 11.3 Å². The van der Waals surface area contributed by atoms with Gasteiger partial charge in [0.05, 0.1) is 7.11 Å². The van der Waals surface area contributed by atoms with E-state index in [1.54, 1.807) is 24.3 Å². The maximum absolute atomic E-state index is 11.3. The number of methoxy groups -OCH3 is 1. The van der Waals surface area contributed by atoms with Crippen LogP contribution >= 0.6 is 0 Å². The molecule has 0 atom stereocenters. The van der Waals surface area contributed by atoms with E-state index in [0.717, 1.165) is 0 Å². The molecule has 0 unspecified atom stereocenters. The Balaban J connectivity index is 2.62. The minimum absolute atomic E-state index is 0.00630. The summed E-state index contributed by atoms with van der Waals surface area (Å²) in [6.07, 6.45) is 0.560. The van der Waals surface area contributed by atoms with Crippen LogP contribution in [0.1, 0.15) is 20.9 Å². The van der Waals surface area contributed by atoms with Crippen LogP contribution in [-0.4, -0.2) is 24.5 Å². The van der Waals surface area contributed by atoms with Crippen molar-refractivity contribution < 1.29 is 23.8 Å². The van der Waals surface area contributed by atoms with Crippen molar-refractivity contribution in [1.82, 2.24) is 0 Å². The summed E-state index contributed by atoms with van der Waals surface area (Å²) < 4.78 is 10.2. The van der Waals surface area contributed by atoms with E-state index in [0.29, 0.717) is 17.6 Å². The molecule has 0 aliphatic rings. The molecular weight excluding hydrogens is 236 g/mol. The third-order valence-corrected chi connectivity index (χ3v) is 2.47. The monoisotopic (exact) mass is 246 g/mol. The SMILES string of the molecule is COc1cccc(-c2ccc(C=O)o2)c1C(=O)O. The number of carboxylic acid groups (broad SMARTS) is 1. The zero-order valence-electron chi connectivity index (χ0n) is 9.54. The Morgan fingerprint density at radius 2 is 2.11 bits per heavy atom. The third-order valence-electron chi connectivity index (χ3n) is 2.47. The molecule has 0 aliphatic carbocycles. The average molecular weight is 246 g/mol. The Bertz CT molecular complexity index is 597. The first-order chi connectivity index (χ1) is 8.67. The molecule has 1 aromatic carbocycles. The highest BCUT2D eigenvalue weighted by molar-refractivity contribution is 5.98. The Morgan fingerprint density at radius 3 is 2.67 bits per heavy atom. The normalized spacial score (nSPS) is 10.1. The quantitative estimate of drug-likeness (QED) is 0.838. The van der Waals surface area contributed by atoms with Crippen LogP contribution in [0.3, 0.4) is 0 Å². The lowest BCUT2D eigenvalue weighted by Gasteiger charge is -2.08. The number of aldehydes is 1. The van der Waals surface area contributed by atoms with Crippen molar-refractivity contribution in [2.75, 3.05) is 7.11 Å². The summed E-state index contributed by atoms with van der Waals surface area (Å²) >= 11 is 0. The average Bonchev–Trinajstić information content (AvgIpc) is 2.86. The number of carbonyl (C=O) groups excluding carboxylic acids is 1. The molecule has 0 saturated carbocycles. The van der Waals surface area contributed by atoms with Crippen molar-refractivity contribution in [2.24, 2.45) is 0 Å². The highest BCUT2D eigenvalue weighted by atomic mass is 16.5. The predicted molar refractivity (Wildman–Crippen MR) is 63.0 cm³/mol. The third kappa shape index (κ3) is 1.98. The first-order valence-corrected chi connectivity index (χ1v) is 5.13. The number of rotatable bonds is 4. The minimum Gasteiger partial charge on any atom is -0.496 e. The lowest BCUT2D eigenvalue weighted by Crippen LogP contribution is -2.02. The smallest absolute Gasteiger partial charge is 0.340 e. The standard InChI is InChI=1S/C13H10O5/c1-17-11-4-2-3-9(12(11)13(15)16)10-6-5-8(7-14)18-10/h2-7H,1H3,(H,15,16). The van der Waals surface area contributed by atoms with Crippen LogP contribution in [0.5, 0.6) is 5.75 Å². The number of furan rings is 1. The lowest BCUT2D eigenvalue weighted by molar-refractivity contribution is 0.0694. The van der Waals surface area contributed by atoms with Gasteiger partial charge in [-0.15, -0.1) is 0 Å². The maximum Gasteiger partial charge on any atom is 0.340 e. The second-order valence-electron chi connectivity index (χ2n) is 3.51. The van der Waals surface area contributed by atoms with E-state index in [2.05, 4.69) is 0 Å². The van der Waals surface area contributed by atoms with E-state index < -0.39 is 5.97 Å². The Hall–Kier alpha value is -2.56. The van der Waals surface area contributed by atoms with Gasteiger partial charge in [0.25, 0.3) is 0 Å². The molecule has 5 heteroatoms. The van der Waals surface area contributed by atoms with Gasteiger partial charge in [0.2, 0.25) is 0 Å². The van der Waals surface area contributed by atoms with Crippen LogP contribution in [0.4, 0.5) is 0 Å². The molecule has 1 heterocycles. The summed E-state index contributed by atoms with van der Waals surface area (Å²) in [4.78, 5) is 21.8. The van der Waals surface area contributed by atoms with Crippen molar-refractivity contribution >= 4 is 12.3 Å². The fourth-order valence-electron chi connectivity index (χ4n) is 1.69. The van der Waals surface area contributed by atoms with Gasteiger partial charge in [-0.25, -0.2) is 4.79 Å². The molecule has 0 amide bonds. The van der Waals surface area contributed by atoms with E-state index in [4.69, 9.17) is 9.15 Å². The largest absolute Gasteiger partial charge is 0.496 e. The zero-order chi connectivity index (χ0) is 13.1. The summed E-state index contributed by atoms with van der Waals surface area (Å²) in [5.41, 5.74) is 0.377. The lowest BCUT2D eigenvalue weighted by atomic mass is 10.0. The molecule has 0 radical (unpaired) electrons. The van der Waals surface area contributed by atoms with Gasteiger partial charge in [-0.05, 0) is 18.2 Å². The van der Waals surface area contributed by atoms with Gasteiger partial charge in [0.15, 0.2) is 12.0 Å². The number of benzene rings is 1. The number of hydrogen-bond donors (Lipinski definition) is 1. The van der Waals surface area contributed by atoms with E-state index in [9.17, 15) is 14.7 Å². The molecule has 18 heavy (non-hydrogen) atoms. The summed E-state index contributed by atoms with van der Waals surface area (Å²) in [7, 11) is 1.39. The van der Waals surface area contributed by atoms with E-state index in [1.165, 1.54) is 13.2 Å². The summed E-state index contributed by atoms with van der Waals surface area (Å²) in [5, 5.41) is 9.21. The summed E-state index contributed by atoms with van der Waals surface area (Å²) in [5.74, 6) is -0.423. The second kappa shape index (κ2) is 4.75. The first-order valence-electron chi connectivity index (χ1n) is 5.13. The van der Waals surface area contributed by atoms with E-state index in [-0.39, 0.29) is 17.1 Å². The van der Waals surface area contributed by atoms with Gasteiger partial charge < -0.3 is 14.3 Å². The summed E-state index contributed by atoms with van der Waals surface area (Å²) in [6, 6.07) is 7.83. The number of carboxylic acids is 1. The molecule has 5 nitrogen and oxygen atoms in total.